The number of nitrogens with zero attached hydrogens (tertiary/aromatic N) is 2. The van der Waals surface area contributed by atoms with E-state index in [4.69, 9.17) is 0 Å². The van der Waals surface area contributed by atoms with E-state index in [0.717, 1.165) is 35.3 Å². The first-order chi connectivity index (χ1) is 10.3. The van der Waals surface area contributed by atoms with Crippen LogP contribution in [0, 0.1) is 0 Å². The van der Waals surface area contributed by atoms with Gasteiger partial charge in [0.2, 0.25) is 5.88 Å². The summed E-state index contributed by atoms with van der Waals surface area (Å²) < 4.78 is 1.62. The van der Waals surface area contributed by atoms with Crippen molar-refractivity contribution in [2.24, 2.45) is 0 Å². The molecule has 0 saturated heterocycles. The average Bonchev–Trinajstić information content (AvgIpc) is 2.86. The van der Waals surface area contributed by atoms with Gasteiger partial charge in [0, 0.05) is 0 Å². The predicted octanol–water partition coefficient (Wildman–Crippen LogP) is 4.20. The van der Waals surface area contributed by atoms with Crippen molar-refractivity contribution in [3.63, 3.8) is 0 Å². The fourth-order valence-corrected chi connectivity index (χ4v) is 2.51. The summed E-state index contributed by atoms with van der Waals surface area (Å²) in [6.07, 6.45) is 1.84. The highest BCUT2D eigenvalue weighted by Gasteiger charge is 2.18. The molecule has 3 aromatic rings. The normalized spacial score (nSPS) is 10.7. The van der Waals surface area contributed by atoms with Crippen molar-refractivity contribution in [2.45, 2.75) is 19.8 Å². The third-order valence-corrected chi connectivity index (χ3v) is 3.48. The van der Waals surface area contributed by atoms with E-state index in [-0.39, 0.29) is 5.88 Å². The first kappa shape index (κ1) is 13.4. The molecule has 0 bridgehead atoms. The van der Waals surface area contributed by atoms with Crippen LogP contribution in [0.1, 0.15) is 19.0 Å². The number of hydrogen-bond acceptors (Lipinski definition) is 2. The van der Waals surface area contributed by atoms with Gasteiger partial charge in [0.15, 0.2) is 0 Å². The van der Waals surface area contributed by atoms with Crippen LogP contribution in [-0.2, 0) is 6.42 Å². The average molecular weight is 278 g/mol. The number of aromatic hydroxyl groups is 1. The molecular weight excluding hydrogens is 260 g/mol. The standard InChI is InChI=1S/C18H18N2O/c1-2-9-16-17(14-10-5-3-6-11-14)18(21)20(19-16)15-12-7-4-8-13-15/h3-8,10-13,21H,2,9H2,1H3. The van der Waals surface area contributed by atoms with E-state index < -0.39 is 0 Å². The predicted molar refractivity (Wildman–Crippen MR) is 84.7 cm³/mol. The number of hydrogen-bond donors (Lipinski definition) is 1. The molecule has 0 atom stereocenters. The lowest BCUT2D eigenvalue weighted by Gasteiger charge is -2.04. The Labute approximate surface area is 124 Å². The molecule has 0 aliphatic rings. The molecule has 2 aromatic carbocycles. The minimum Gasteiger partial charge on any atom is -0.493 e. The quantitative estimate of drug-likeness (QED) is 0.776. The summed E-state index contributed by atoms with van der Waals surface area (Å²) in [5.41, 5.74) is 3.64. The SMILES string of the molecule is CCCc1nn(-c2ccccc2)c(O)c1-c1ccccc1. The van der Waals surface area contributed by atoms with Crippen LogP contribution < -0.4 is 0 Å². The number of para-hydroxylation sites is 1. The molecule has 1 N–H and O–H groups in total. The lowest BCUT2D eigenvalue weighted by molar-refractivity contribution is 0.435. The van der Waals surface area contributed by atoms with Gasteiger partial charge >= 0.3 is 0 Å². The summed E-state index contributed by atoms with van der Waals surface area (Å²) in [5, 5.41) is 15.3. The van der Waals surface area contributed by atoms with Crippen molar-refractivity contribution < 1.29 is 5.11 Å². The molecule has 1 aromatic heterocycles. The maximum atomic E-state index is 10.6. The minimum absolute atomic E-state index is 0.204. The zero-order chi connectivity index (χ0) is 14.7. The van der Waals surface area contributed by atoms with E-state index >= 15 is 0 Å². The molecule has 0 radical (unpaired) electrons. The van der Waals surface area contributed by atoms with Gasteiger partial charge in [0.25, 0.3) is 0 Å². The number of aromatic nitrogens is 2. The molecule has 0 aliphatic heterocycles. The molecule has 0 saturated carbocycles. The van der Waals surface area contributed by atoms with Crippen LogP contribution in [0.3, 0.4) is 0 Å². The van der Waals surface area contributed by atoms with Gasteiger partial charge in [0.1, 0.15) is 0 Å². The van der Waals surface area contributed by atoms with Crippen LogP contribution in [0.5, 0.6) is 5.88 Å². The van der Waals surface area contributed by atoms with Crippen molar-refractivity contribution in [1.29, 1.82) is 0 Å². The van der Waals surface area contributed by atoms with E-state index in [1.54, 1.807) is 4.68 Å². The largest absolute Gasteiger partial charge is 0.493 e. The van der Waals surface area contributed by atoms with Crippen LogP contribution in [0.4, 0.5) is 0 Å². The zero-order valence-corrected chi connectivity index (χ0v) is 12.0. The molecule has 3 rings (SSSR count). The van der Waals surface area contributed by atoms with Gasteiger partial charge in [0.05, 0.1) is 16.9 Å². The summed E-state index contributed by atoms with van der Waals surface area (Å²) >= 11 is 0. The Morgan fingerprint density at radius 1 is 0.952 bits per heavy atom. The van der Waals surface area contributed by atoms with Crippen LogP contribution in [0.25, 0.3) is 16.8 Å². The maximum absolute atomic E-state index is 10.6. The summed E-state index contributed by atoms with van der Waals surface area (Å²) in [6, 6.07) is 19.7. The summed E-state index contributed by atoms with van der Waals surface area (Å²) in [7, 11) is 0. The Balaban J connectivity index is 2.17. The molecule has 0 unspecified atom stereocenters. The fourth-order valence-electron chi connectivity index (χ4n) is 2.51. The lowest BCUT2D eigenvalue weighted by atomic mass is 10.0. The molecule has 1 heterocycles. The second kappa shape index (κ2) is 5.83. The fraction of sp³-hybridized carbons (Fsp3) is 0.167. The Morgan fingerprint density at radius 3 is 2.19 bits per heavy atom. The molecular formula is C18H18N2O. The lowest BCUT2D eigenvalue weighted by Crippen LogP contribution is -1.96. The Kier molecular flexibility index (Phi) is 3.73. The first-order valence-electron chi connectivity index (χ1n) is 7.23. The van der Waals surface area contributed by atoms with E-state index in [0.29, 0.717) is 0 Å². The number of aryl methyl sites for hydroxylation is 1. The second-order valence-corrected chi connectivity index (χ2v) is 5.01. The van der Waals surface area contributed by atoms with Gasteiger partial charge in [-0.2, -0.15) is 5.10 Å². The van der Waals surface area contributed by atoms with Gasteiger partial charge in [-0.3, -0.25) is 0 Å². The van der Waals surface area contributed by atoms with Crippen LogP contribution in [0.15, 0.2) is 60.7 Å². The van der Waals surface area contributed by atoms with Crippen molar-refractivity contribution in [1.82, 2.24) is 9.78 Å². The van der Waals surface area contributed by atoms with Gasteiger partial charge in [-0.25, -0.2) is 4.68 Å². The Hall–Kier alpha value is -2.55. The third-order valence-electron chi connectivity index (χ3n) is 3.48. The number of benzene rings is 2. The Morgan fingerprint density at radius 2 is 1.57 bits per heavy atom. The van der Waals surface area contributed by atoms with Crippen LogP contribution in [0.2, 0.25) is 0 Å². The smallest absolute Gasteiger partial charge is 0.222 e. The minimum atomic E-state index is 0.204. The van der Waals surface area contributed by atoms with Crippen molar-refractivity contribution in [3.8, 4) is 22.7 Å². The van der Waals surface area contributed by atoms with Gasteiger partial charge in [-0.05, 0) is 24.1 Å². The zero-order valence-electron chi connectivity index (χ0n) is 12.0. The summed E-state index contributed by atoms with van der Waals surface area (Å²) in [4.78, 5) is 0. The first-order valence-corrected chi connectivity index (χ1v) is 7.23. The maximum Gasteiger partial charge on any atom is 0.222 e. The van der Waals surface area contributed by atoms with Gasteiger partial charge in [-0.1, -0.05) is 61.9 Å². The summed E-state index contributed by atoms with van der Waals surface area (Å²) in [6.45, 7) is 2.12. The Bertz CT molecular complexity index is 718. The molecule has 3 heteroatoms. The third kappa shape index (κ3) is 2.55. The summed E-state index contributed by atoms with van der Waals surface area (Å²) in [5.74, 6) is 0.204. The molecule has 21 heavy (non-hydrogen) atoms. The van der Waals surface area contributed by atoms with E-state index in [9.17, 15) is 5.11 Å². The topological polar surface area (TPSA) is 38.0 Å². The highest BCUT2D eigenvalue weighted by molar-refractivity contribution is 5.72. The molecule has 3 nitrogen and oxygen atoms in total. The van der Waals surface area contributed by atoms with Crippen molar-refractivity contribution >= 4 is 0 Å². The van der Waals surface area contributed by atoms with E-state index in [2.05, 4.69) is 12.0 Å². The van der Waals surface area contributed by atoms with E-state index in [1.807, 2.05) is 60.7 Å². The molecule has 0 spiro atoms. The van der Waals surface area contributed by atoms with Crippen molar-refractivity contribution in [3.05, 3.63) is 66.4 Å². The van der Waals surface area contributed by atoms with Gasteiger partial charge in [-0.15, -0.1) is 0 Å². The molecule has 106 valence electrons. The molecule has 0 fully saturated rings. The second-order valence-electron chi connectivity index (χ2n) is 5.01. The van der Waals surface area contributed by atoms with Crippen LogP contribution in [-0.4, -0.2) is 14.9 Å². The van der Waals surface area contributed by atoms with Crippen LogP contribution >= 0.6 is 0 Å². The highest BCUT2D eigenvalue weighted by Crippen LogP contribution is 2.34. The van der Waals surface area contributed by atoms with Crippen molar-refractivity contribution in [2.75, 3.05) is 0 Å². The molecule has 0 amide bonds. The highest BCUT2D eigenvalue weighted by atomic mass is 16.3. The number of rotatable bonds is 4. The molecule has 0 aliphatic carbocycles. The van der Waals surface area contributed by atoms with E-state index in [1.165, 1.54) is 0 Å². The van der Waals surface area contributed by atoms with Gasteiger partial charge < -0.3 is 5.11 Å². The monoisotopic (exact) mass is 278 g/mol.